The van der Waals surface area contributed by atoms with Crippen molar-refractivity contribution in [1.82, 2.24) is 9.88 Å². The van der Waals surface area contributed by atoms with Gasteiger partial charge in [0, 0.05) is 30.9 Å². The van der Waals surface area contributed by atoms with Crippen molar-refractivity contribution in [3.8, 4) is 0 Å². The van der Waals surface area contributed by atoms with Crippen molar-refractivity contribution in [2.75, 3.05) is 18.4 Å². The lowest BCUT2D eigenvalue weighted by atomic mass is 10.1. The van der Waals surface area contributed by atoms with E-state index in [9.17, 15) is 10.1 Å². The van der Waals surface area contributed by atoms with Crippen molar-refractivity contribution >= 4 is 23.1 Å². The second-order valence-electron chi connectivity index (χ2n) is 5.06. The molecule has 3 rings (SSSR count). The Bertz CT molecular complexity index is 511. The SMILES string of the molecule is O=[N+]([O-])c1cc(Cl)cnc1NC1CCN2CCCC12. The first kappa shape index (κ1) is 12.6. The highest BCUT2D eigenvalue weighted by atomic mass is 35.5. The van der Waals surface area contributed by atoms with E-state index < -0.39 is 4.92 Å². The fraction of sp³-hybridized carbons (Fsp3) is 0.583. The van der Waals surface area contributed by atoms with Crippen LogP contribution >= 0.6 is 11.6 Å². The van der Waals surface area contributed by atoms with Crippen LogP contribution in [0, 0.1) is 10.1 Å². The number of pyridine rings is 1. The van der Waals surface area contributed by atoms with Crippen LogP contribution in [0.25, 0.3) is 0 Å². The maximum absolute atomic E-state index is 11.0. The smallest absolute Gasteiger partial charge is 0.312 e. The molecule has 2 fully saturated rings. The molecule has 0 aromatic carbocycles. The molecule has 19 heavy (non-hydrogen) atoms. The summed E-state index contributed by atoms with van der Waals surface area (Å²) in [4.78, 5) is 17.1. The Morgan fingerprint density at radius 2 is 2.32 bits per heavy atom. The molecule has 1 aromatic heterocycles. The van der Waals surface area contributed by atoms with Gasteiger partial charge in [0.1, 0.15) is 0 Å². The normalized spacial score (nSPS) is 26.4. The molecule has 0 amide bonds. The molecular formula is C12H15ClN4O2. The summed E-state index contributed by atoms with van der Waals surface area (Å²) in [6.07, 6.45) is 4.81. The average Bonchev–Trinajstić information content (AvgIpc) is 2.96. The van der Waals surface area contributed by atoms with Crippen molar-refractivity contribution in [1.29, 1.82) is 0 Å². The number of aromatic nitrogens is 1. The first-order valence-electron chi connectivity index (χ1n) is 6.45. The summed E-state index contributed by atoms with van der Waals surface area (Å²) in [5.74, 6) is 0.327. The molecule has 1 aromatic rings. The molecule has 0 radical (unpaired) electrons. The van der Waals surface area contributed by atoms with Gasteiger partial charge in [-0.2, -0.15) is 0 Å². The van der Waals surface area contributed by atoms with Gasteiger partial charge in [-0.15, -0.1) is 0 Å². The molecule has 102 valence electrons. The van der Waals surface area contributed by atoms with Crippen molar-refractivity contribution in [3.05, 3.63) is 27.4 Å². The van der Waals surface area contributed by atoms with Gasteiger partial charge < -0.3 is 5.32 Å². The zero-order chi connectivity index (χ0) is 13.4. The third-order valence-corrected chi connectivity index (χ3v) is 4.17. The second-order valence-corrected chi connectivity index (χ2v) is 5.50. The summed E-state index contributed by atoms with van der Waals surface area (Å²) in [7, 11) is 0. The van der Waals surface area contributed by atoms with Gasteiger partial charge in [-0.25, -0.2) is 4.98 Å². The Morgan fingerprint density at radius 1 is 1.47 bits per heavy atom. The molecule has 2 unspecified atom stereocenters. The van der Waals surface area contributed by atoms with E-state index in [4.69, 9.17) is 11.6 Å². The van der Waals surface area contributed by atoms with E-state index in [0.717, 1.165) is 25.9 Å². The second kappa shape index (κ2) is 4.94. The minimum absolute atomic E-state index is 0.0519. The molecule has 2 saturated heterocycles. The highest BCUT2D eigenvalue weighted by Gasteiger charge is 2.38. The summed E-state index contributed by atoms with van der Waals surface area (Å²) >= 11 is 5.76. The van der Waals surface area contributed by atoms with Crippen LogP contribution in [0.2, 0.25) is 5.02 Å². The fourth-order valence-corrected chi connectivity index (χ4v) is 3.26. The standard InChI is InChI=1S/C12H15ClN4O2/c13-8-6-11(17(18)19)12(14-7-8)15-9-3-5-16-4-1-2-10(9)16/h6-7,9-10H,1-5H2,(H,14,15). The van der Waals surface area contributed by atoms with Crippen LogP contribution in [0.15, 0.2) is 12.3 Å². The number of hydrogen-bond donors (Lipinski definition) is 1. The molecule has 0 spiro atoms. The molecule has 2 atom stereocenters. The van der Waals surface area contributed by atoms with E-state index in [1.54, 1.807) is 0 Å². The van der Waals surface area contributed by atoms with Crippen molar-refractivity contribution in [2.45, 2.75) is 31.3 Å². The van der Waals surface area contributed by atoms with Crippen LogP contribution in [-0.2, 0) is 0 Å². The minimum Gasteiger partial charge on any atom is -0.360 e. The van der Waals surface area contributed by atoms with Gasteiger partial charge in [0.05, 0.1) is 9.95 Å². The number of anilines is 1. The number of nitrogens with zero attached hydrogens (tertiary/aromatic N) is 3. The lowest BCUT2D eigenvalue weighted by Crippen LogP contribution is -2.34. The number of nitrogens with one attached hydrogen (secondary N) is 1. The Balaban J connectivity index is 1.81. The molecule has 6 nitrogen and oxygen atoms in total. The Hall–Kier alpha value is -1.40. The predicted octanol–water partition coefficient (Wildman–Crippen LogP) is 2.29. The molecule has 3 heterocycles. The number of rotatable bonds is 3. The van der Waals surface area contributed by atoms with Gasteiger partial charge in [0.15, 0.2) is 0 Å². The van der Waals surface area contributed by atoms with E-state index in [0.29, 0.717) is 11.9 Å². The number of hydrogen-bond acceptors (Lipinski definition) is 5. The van der Waals surface area contributed by atoms with Crippen LogP contribution in [0.3, 0.4) is 0 Å². The molecule has 7 heteroatoms. The van der Waals surface area contributed by atoms with Gasteiger partial charge in [-0.3, -0.25) is 15.0 Å². The average molecular weight is 283 g/mol. The third kappa shape index (κ3) is 2.37. The monoisotopic (exact) mass is 282 g/mol. The molecular weight excluding hydrogens is 268 g/mol. The lowest BCUT2D eigenvalue weighted by Gasteiger charge is -2.21. The number of fused-ring (bicyclic) bond motifs is 1. The summed E-state index contributed by atoms with van der Waals surface area (Å²) in [6.45, 7) is 2.20. The van der Waals surface area contributed by atoms with Crippen molar-refractivity contribution in [2.24, 2.45) is 0 Å². The maximum Gasteiger partial charge on any atom is 0.312 e. The minimum atomic E-state index is -0.442. The van der Waals surface area contributed by atoms with Crippen LogP contribution in [0.1, 0.15) is 19.3 Å². The zero-order valence-electron chi connectivity index (χ0n) is 10.4. The van der Waals surface area contributed by atoms with Crippen LogP contribution in [0.4, 0.5) is 11.5 Å². The molecule has 0 bridgehead atoms. The summed E-state index contributed by atoms with van der Waals surface area (Å²) in [5, 5.41) is 14.6. The highest BCUT2D eigenvalue weighted by Crippen LogP contribution is 2.32. The molecule has 2 aliphatic heterocycles. The van der Waals surface area contributed by atoms with Crippen molar-refractivity contribution < 1.29 is 4.92 Å². The molecule has 0 saturated carbocycles. The van der Waals surface area contributed by atoms with E-state index in [1.165, 1.54) is 18.7 Å². The topological polar surface area (TPSA) is 71.3 Å². The Labute approximate surface area is 115 Å². The first-order chi connectivity index (χ1) is 9.15. The summed E-state index contributed by atoms with van der Waals surface area (Å²) < 4.78 is 0. The van der Waals surface area contributed by atoms with E-state index in [-0.39, 0.29) is 16.8 Å². The van der Waals surface area contributed by atoms with Crippen LogP contribution in [-0.4, -0.2) is 40.0 Å². The van der Waals surface area contributed by atoms with E-state index in [2.05, 4.69) is 15.2 Å². The maximum atomic E-state index is 11.0. The summed E-state index contributed by atoms with van der Waals surface area (Å²) in [5.41, 5.74) is -0.0519. The molecule has 0 aliphatic carbocycles. The van der Waals surface area contributed by atoms with Gasteiger partial charge in [-0.1, -0.05) is 11.6 Å². The number of nitro groups is 1. The van der Waals surface area contributed by atoms with Gasteiger partial charge in [-0.05, 0) is 25.8 Å². The van der Waals surface area contributed by atoms with Crippen LogP contribution < -0.4 is 5.32 Å². The quantitative estimate of drug-likeness (QED) is 0.680. The predicted molar refractivity (Wildman–Crippen MR) is 72.5 cm³/mol. The van der Waals surface area contributed by atoms with Gasteiger partial charge in [0.25, 0.3) is 0 Å². The third-order valence-electron chi connectivity index (χ3n) is 3.96. The van der Waals surface area contributed by atoms with Gasteiger partial charge in [0.2, 0.25) is 5.82 Å². The van der Waals surface area contributed by atoms with Crippen LogP contribution in [0.5, 0.6) is 0 Å². The highest BCUT2D eigenvalue weighted by molar-refractivity contribution is 6.30. The summed E-state index contributed by atoms with van der Waals surface area (Å²) in [6, 6.07) is 2.07. The van der Waals surface area contributed by atoms with E-state index >= 15 is 0 Å². The zero-order valence-corrected chi connectivity index (χ0v) is 11.1. The Morgan fingerprint density at radius 3 is 3.11 bits per heavy atom. The fourth-order valence-electron chi connectivity index (χ4n) is 3.11. The van der Waals surface area contributed by atoms with E-state index in [1.807, 2.05) is 0 Å². The number of halogens is 1. The first-order valence-corrected chi connectivity index (χ1v) is 6.83. The largest absolute Gasteiger partial charge is 0.360 e. The van der Waals surface area contributed by atoms with Crippen molar-refractivity contribution in [3.63, 3.8) is 0 Å². The lowest BCUT2D eigenvalue weighted by molar-refractivity contribution is -0.384. The molecule has 1 N–H and O–H groups in total. The Kier molecular flexibility index (Phi) is 3.28. The van der Waals surface area contributed by atoms with Gasteiger partial charge >= 0.3 is 5.69 Å². The molecule has 2 aliphatic rings.